The third-order valence-electron chi connectivity index (χ3n) is 3.72. The summed E-state index contributed by atoms with van der Waals surface area (Å²) in [4.78, 5) is 29.1. The Morgan fingerprint density at radius 3 is 2.71 bits per heavy atom. The van der Waals surface area contributed by atoms with E-state index in [1.54, 1.807) is 22.6 Å². The Hall–Kier alpha value is -2.02. The van der Waals surface area contributed by atoms with Crippen LogP contribution in [-0.2, 0) is 0 Å². The third kappa shape index (κ3) is 3.00. The first-order chi connectivity index (χ1) is 11.4. The van der Waals surface area contributed by atoms with Crippen LogP contribution in [0.25, 0.3) is 16.6 Å². The molecular formula is C16H16Cl2N4O2. The first-order valence-electron chi connectivity index (χ1n) is 7.34. The van der Waals surface area contributed by atoms with E-state index in [0.29, 0.717) is 33.7 Å². The number of aromatic amines is 1. The Balaban J connectivity index is 2.03. The number of H-pyrrole nitrogens is 1. The van der Waals surface area contributed by atoms with Gasteiger partial charge in [0, 0.05) is 18.7 Å². The number of benzene rings is 1. The zero-order valence-corrected chi connectivity index (χ0v) is 14.7. The van der Waals surface area contributed by atoms with E-state index in [2.05, 4.69) is 10.3 Å². The van der Waals surface area contributed by atoms with Crippen molar-refractivity contribution in [1.82, 2.24) is 19.6 Å². The molecule has 0 bridgehead atoms. The minimum Gasteiger partial charge on any atom is -0.351 e. The third-order valence-corrected chi connectivity index (χ3v) is 4.48. The summed E-state index contributed by atoms with van der Waals surface area (Å²) in [5, 5.41) is 3.41. The summed E-state index contributed by atoms with van der Waals surface area (Å²) in [5.41, 5.74) is 1.70. The largest absolute Gasteiger partial charge is 0.351 e. The predicted molar refractivity (Wildman–Crippen MR) is 96.4 cm³/mol. The number of likely N-dealkylation sites (N-methyl/N-ethyl adjacent to an activating group) is 1. The van der Waals surface area contributed by atoms with Gasteiger partial charge in [-0.2, -0.15) is 0 Å². The maximum absolute atomic E-state index is 12.2. The van der Waals surface area contributed by atoms with Crippen LogP contribution >= 0.6 is 23.2 Å². The number of nitrogens with zero attached hydrogens (tertiary/aromatic N) is 2. The molecule has 3 aromatic rings. The first kappa shape index (κ1) is 16.8. The average molecular weight is 367 g/mol. The molecule has 0 fully saturated rings. The maximum atomic E-state index is 12.2. The monoisotopic (exact) mass is 366 g/mol. The Labute approximate surface area is 148 Å². The van der Waals surface area contributed by atoms with E-state index >= 15 is 0 Å². The zero-order chi connectivity index (χ0) is 17.4. The molecule has 0 saturated carbocycles. The van der Waals surface area contributed by atoms with Gasteiger partial charge in [0.05, 0.1) is 16.1 Å². The van der Waals surface area contributed by atoms with Crippen molar-refractivity contribution < 1.29 is 4.79 Å². The number of hydrogen-bond donors (Lipinski definition) is 2. The minimum atomic E-state index is -0.318. The summed E-state index contributed by atoms with van der Waals surface area (Å²) in [5.74, 6) is -0.198. The summed E-state index contributed by atoms with van der Waals surface area (Å²) < 4.78 is 1.58. The summed E-state index contributed by atoms with van der Waals surface area (Å²) >= 11 is 12.2. The van der Waals surface area contributed by atoms with Gasteiger partial charge < -0.3 is 15.2 Å². The van der Waals surface area contributed by atoms with E-state index in [-0.39, 0.29) is 16.6 Å². The second-order valence-electron chi connectivity index (χ2n) is 5.75. The zero-order valence-electron chi connectivity index (χ0n) is 13.2. The standard InChI is InChI=1S/C16H16Cl2N4O2/c1-21(2)6-5-19-15(23)9-3-4-12-11(7-9)20-16(24)13-8-10(17)14(18)22(12)13/h3-4,7-8H,5-6H2,1-2H3,(H,19,23)(H,20,24). The fourth-order valence-electron chi connectivity index (χ4n) is 2.51. The highest BCUT2D eigenvalue weighted by Crippen LogP contribution is 2.28. The Morgan fingerprint density at radius 1 is 1.25 bits per heavy atom. The van der Waals surface area contributed by atoms with Gasteiger partial charge in [0.15, 0.2) is 0 Å². The van der Waals surface area contributed by atoms with Crippen LogP contribution in [0.3, 0.4) is 0 Å². The topological polar surface area (TPSA) is 69.6 Å². The molecule has 8 heteroatoms. The van der Waals surface area contributed by atoms with Crippen molar-refractivity contribution in [1.29, 1.82) is 0 Å². The number of amides is 1. The van der Waals surface area contributed by atoms with Crippen LogP contribution in [0, 0.1) is 0 Å². The minimum absolute atomic E-state index is 0.198. The quantitative estimate of drug-likeness (QED) is 0.744. The SMILES string of the molecule is CN(C)CCNC(=O)c1ccc2c(c1)[nH]c(=O)c1cc(Cl)c(Cl)n12. The highest BCUT2D eigenvalue weighted by Gasteiger charge is 2.14. The average Bonchev–Trinajstić information content (AvgIpc) is 2.83. The van der Waals surface area contributed by atoms with Gasteiger partial charge >= 0.3 is 0 Å². The molecule has 0 unspecified atom stereocenters. The van der Waals surface area contributed by atoms with Gasteiger partial charge in [0.1, 0.15) is 10.7 Å². The van der Waals surface area contributed by atoms with E-state index < -0.39 is 0 Å². The first-order valence-corrected chi connectivity index (χ1v) is 8.09. The molecule has 6 nitrogen and oxygen atoms in total. The number of halogens is 2. The van der Waals surface area contributed by atoms with Crippen molar-refractivity contribution in [2.75, 3.05) is 27.2 Å². The lowest BCUT2D eigenvalue weighted by Gasteiger charge is -2.11. The molecule has 2 heterocycles. The number of carbonyl (C=O) groups excluding carboxylic acids is 1. The Morgan fingerprint density at radius 2 is 2.00 bits per heavy atom. The van der Waals surface area contributed by atoms with Crippen molar-refractivity contribution in [2.45, 2.75) is 0 Å². The molecule has 1 amide bonds. The molecule has 0 aliphatic heterocycles. The van der Waals surface area contributed by atoms with Crippen LogP contribution < -0.4 is 10.9 Å². The molecule has 2 aromatic heterocycles. The normalized spacial score (nSPS) is 11.5. The van der Waals surface area contributed by atoms with E-state index in [4.69, 9.17) is 23.2 Å². The fraction of sp³-hybridized carbons (Fsp3) is 0.250. The van der Waals surface area contributed by atoms with Gasteiger partial charge in [-0.15, -0.1) is 0 Å². The lowest BCUT2D eigenvalue weighted by molar-refractivity contribution is 0.0951. The van der Waals surface area contributed by atoms with E-state index in [1.807, 2.05) is 19.0 Å². The number of fused-ring (bicyclic) bond motifs is 3. The van der Waals surface area contributed by atoms with E-state index in [9.17, 15) is 9.59 Å². The van der Waals surface area contributed by atoms with Crippen molar-refractivity contribution in [2.24, 2.45) is 0 Å². The lowest BCUT2D eigenvalue weighted by atomic mass is 10.1. The molecule has 0 spiro atoms. The predicted octanol–water partition coefficient (Wildman–Crippen LogP) is 2.38. The van der Waals surface area contributed by atoms with Crippen LogP contribution in [-0.4, -0.2) is 47.4 Å². The van der Waals surface area contributed by atoms with Crippen LogP contribution in [0.2, 0.25) is 10.2 Å². The van der Waals surface area contributed by atoms with Gasteiger partial charge in [-0.3, -0.25) is 14.0 Å². The number of carbonyl (C=O) groups is 1. The van der Waals surface area contributed by atoms with E-state index in [1.165, 1.54) is 6.07 Å². The molecule has 0 radical (unpaired) electrons. The molecule has 0 atom stereocenters. The van der Waals surface area contributed by atoms with Crippen LogP contribution in [0.4, 0.5) is 0 Å². The van der Waals surface area contributed by atoms with E-state index in [0.717, 1.165) is 6.54 Å². The number of rotatable bonds is 4. The van der Waals surface area contributed by atoms with Gasteiger partial charge in [0.25, 0.3) is 11.5 Å². The number of hydrogen-bond acceptors (Lipinski definition) is 3. The summed E-state index contributed by atoms with van der Waals surface area (Å²) in [6, 6.07) is 6.58. The maximum Gasteiger partial charge on any atom is 0.272 e. The molecule has 1 aromatic carbocycles. The molecule has 0 aliphatic rings. The molecule has 3 rings (SSSR count). The highest BCUT2D eigenvalue weighted by molar-refractivity contribution is 6.42. The van der Waals surface area contributed by atoms with Crippen molar-refractivity contribution in [3.63, 3.8) is 0 Å². The van der Waals surface area contributed by atoms with Crippen LogP contribution in [0.15, 0.2) is 29.1 Å². The van der Waals surface area contributed by atoms with Crippen molar-refractivity contribution >= 4 is 45.7 Å². The molecular weight excluding hydrogens is 351 g/mol. The Kier molecular flexibility index (Phi) is 4.54. The second-order valence-corrected chi connectivity index (χ2v) is 6.51. The Bertz CT molecular complexity index is 991. The van der Waals surface area contributed by atoms with Gasteiger partial charge in [-0.1, -0.05) is 23.2 Å². The van der Waals surface area contributed by atoms with Crippen LogP contribution in [0.1, 0.15) is 10.4 Å². The van der Waals surface area contributed by atoms with Crippen molar-refractivity contribution in [3.05, 3.63) is 50.4 Å². The van der Waals surface area contributed by atoms with Crippen LogP contribution in [0.5, 0.6) is 0 Å². The van der Waals surface area contributed by atoms with Gasteiger partial charge in [0.2, 0.25) is 0 Å². The summed E-state index contributed by atoms with van der Waals surface area (Å²) in [7, 11) is 3.87. The number of aromatic nitrogens is 2. The molecule has 24 heavy (non-hydrogen) atoms. The number of nitrogens with one attached hydrogen (secondary N) is 2. The molecule has 2 N–H and O–H groups in total. The summed E-state index contributed by atoms with van der Waals surface area (Å²) in [6.45, 7) is 1.28. The van der Waals surface area contributed by atoms with Crippen molar-refractivity contribution in [3.8, 4) is 0 Å². The summed E-state index contributed by atoms with van der Waals surface area (Å²) in [6.07, 6.45) is 0. The smallest absolute Gasteiger partial charge is 0.272 e. The highest BCUT2D eigenvalue weighted by atomic mass is 35.5. The fourth-order valence-corrected chi connectivity index (χ4v) is 2.94. The molecule has 126 valence electrons. The molecule has 0 aliphatic carbocycles. The molecule has 0 saturated heterocycles. The van der Waals surface area contributed by atoms with Gasteiger partial charge in [-0.25, -0.2) is 0 Å². The lowest BCUT2D eigenvalue weighted by Crippen LogP contribution is -2.31. The second kappa shape index (κ2) is 6.47. The van der Waals surface area contributed by atoms with Gasteiger partial charge in [-0.05, 0) is 38.4 Å².